The van der Waals surface area contributed by atoms with Crippen molar-refractivity contribution in [2.75, 3.05) is 37.6 Å². The first kappa shape index (κ1) is 18.8. The number of rotatable bonds is 4. The molecular formula is C21H22N4O5. The van der Waals surface area contributed by atoms with E-state index >= 15 is 0 Å². The number of carbonyl (C=O) groups excluding carboxylic acids is 3. The molecule has 2 heterocycles. The molecule has 1 saturated carbocycles. The number of piperazine rings is 1. The summed E-state index contributed by atoms with van der Waals surface area (Å²) in [6.07, 6.45) is 4.96. The highest BCUT2D eigenvalue weighted by atomic mass is 16.6. The molecule has 3 amide bonds. The molecule has 0 radical (unpaired) electrons. The van der Waals surface area contributed by atoms with Crippen LogP contribution in [0.1, 0.15) is 6.42 Å². The van der Waals surface area contributed by atoms with Crippen LogP contribution < -0.4 is 4.90 Å². The van der Waals surface area contributed by atoms with Gasteiger partial charge in [0.2, 0.25) is 17.7 Å². The number of benzene rings is 1. The maximum Gasteiger partial charge on any atom is 0.269 e. The second kappa shape index (κ2) is 6.93. The number of hydrogen-bond donors (Lipinski definition) is 0. The Kier molecular flexibility index (Phi) is 4.34. The molecular weight excluding hydrogens is 388 g/mol. The first-order chi connectivity index (χ1) is 14.4. The molecule has 0 spiro atoms. The fourth-order valence-electron chi connectivity index (χ4n) is 5.35. The molecule has 30 heavy (non-hydrogen) atoms. The largest absolute Gasteiger partial charge is 0.368 e. The van der Waals surface area contributed by atoms with Gasteiger partial charge in [-0.25, -0.2) is 0 Å². The summed E-state index contributed by atoms with van der Waals surface area (Å²) in [5.74, 6) is -0.873. The van der Waals surface area contributed by atoms with E-state index in [4.69, 9.17) is 0 Å². The van der Waals surface area contributed by atoms with Gasteiger partial charge in [0.15, 0.2) is 0 Å². The van der Waals surface area contributed by atoms with Gasteiger partial charge in [-0.2, -0.15) is 0 Å². The molecule has 3 fully saturated rings. The van der Waals surface area contributed by atoms with Crippen molar-refractivity contribution in [3.8, 4) is 0 Å². The summed E-state index contributed by atoms with van der Waals surface area (Å²) in [6.45, 7) is 1.95. The minimum absolute atomic E-state index is 0.0425. The minimum atomic E-state index is -0.434. The quantitative estimate of drug-likeness (QED) is 0.318. The number of amides is 3. The number of allylic oxidation sites excluding steroid dienone is 2. The van der Waals surface area contributed by atoms with E-state index in [1.54, 1.807) is 17.0 Å². The van der Waals surface area contributed by atoms with E-state index in [1.807, 2.05) is 12.2 Å². The Balaban J connectivity index is 1.18. The molecule has 0 N–H and O–H groups in total. The van der Waals surface area contributed by atoms with E-state index in [0.29, 0.717) is 26.2 Å². The van der Waals surface area contributed by atoms with Crippen molar-refractivity contribution < 1.29 is 19.3 Å². The number of anilines is 1. The fraction of sp³-hybridized carbons (Fsp3) is 0.476. The Morgan fingerprint density at radius 2 is 1.53 bits per heavy atom. The van der Waals surface area contributed by atoms with Crippen LogP contribution in [-0.2, 0) is 14.4 Å². The van der Waals surface area contributed by atoms with Crippen molar-refractivity contribution in [3.63, 3.8) is 0 Å². The lowest BCUT2D eigenvalue weighted by Crippen LogP contribution is -2.52. The van der Waals surface area contributed by atoms with Crippen LogP contribution in [0.3, 0.4) is 0 Å². The third-order valence-electron chi connectivity index (χ3n) is 6.91. The molecule has 2 saturated heterocycles. The molecule has 5 rings (SSSR count). The number of non-ortho nitro benzene ring substituents is 1. The highest BCUT2D eigenvalue weighted by molar-refractivity contribution is 6.08. The Hall–Kier alpha value is -3.23. The van der Waals surface area contributed by atoms with E-state index in [9.17, 15) is 24.5 Å². The molecule has 1 aromatic carbocycles. The topological polar surface area (TPSA) is 104 Å². The van der Waals surface area contributed by atoms with Crippen LogP contribution in [0.25, 0.3) is 0 Å². The average molecular weight is 410 g/mol. The molecule has 2 aliphatic carbocycles. The van der Waals surface area contributed by atoms with E-state index < -0.39 is 4.92 Å². The molecule has 0 aromatic heterocycles. The number of likely N-dealkylation sites (tertiary alicyclic amines) is 1. The van der Waals surface area contributed by atoms with Crippen molar-refractivity contribution in [1.82, 2.24) is 9.80 Å². The van der Waals surface area contributed by atoms with E-state index in [2.05, 4.69) is 4.90 Å². The average Bonchev–Trinajstić information content (AvgIpc) is 3.44. The van der Waals surface area contributed by atoms with Gasteiger partial charge in [0, 0.05) is 44.0 Å². The summed E-state index contributed by atoms with van der Waals surface area (Å²) in [4.78, 5) is 53.6. The Bertz CT molecular complexity index is 921. The van der Waals surface area contributed by atoms with Crippen LogP contribution in [0, 0.1) is 33.8 Å². The van der Waals surface area contributed by atoms with Gasteiger partial charge in [-0.1, -0.05) is 12.2 Å². The number of nitrogens with zero attached hydrogens (tertiary/aromatic N) is 4. The summed E-state index contributed by atoms with van der Waals surface area (Å²) in [5.41, 5.74) is 0.911. The number of nitro groups is 1. The normalized spacial score (nSPS) is 29.7. The van der Waals surface area contributed by atoms with Crippen molar-refractivity contribution in [2.45, 2.75) is 6.42 Å². The van der Waals surface area contributed by atoms with Gasteiger partial charge in [0.25, 0.3) is 5.69 Å². The molecule has 1 aromatic rings. The van der Waals surface area contributed by atoms with Crippen molar-refractivity contribution in [1.29, 1.82) is 0 Å². The van der Waals surface area contributed by atoms with Crippen molar-refractivity contribution in [3.05, 3.63) is 46.5 Å². The first-order valence-corrected chi connectivity index (χ1v) is 10.2. The second-order valence-electron chi connectivity index (χ2n) is 8.40. The third kappa shape index (κ3) is 2.88. The molecule has 2 bridgehead atoms. The van der Waals surface area contributed by atoms with Crippen molar-refractivity contribution in [2.24, 2.45) is 23.7 Å². The summed E-state index contributed by atoms with van der Waals surface area (Å²) < 4.78 is 0. The van der Waals surface area contributed by atoms with Crippen LogP contribution in [0.2, 0.25) is 0 Å². The lowest BCUT2D eigenvalue weighted by molar-refractivity contribution is -0.384. The van der Waals surface area contributed by atoms with E-state index in [0.717, 1.165) is 12.1 Å². The van der Waals surface area contributed by atoms with Gasteiger partial charge in [0.05, 0.1) is 16.8 Å². The summed E-state index contributed by atoms with van der Waals surface area (Å²) in [7, 11) is 0. The molecule has 156 valence electrons. The number of nitro benzene ring substituents is 1. The van der Waals surface area contributed by atoms with Crippen LogP contribution >= 0.6 is 0 Å². The zero-order valence-electron chi connectivity index (χ0n) is 16.3. The maximum absolute atomic E-state index is 12.8. The molecule has 4 atom stereocenters. The summed E-state index contributed by atoms with van der Waals surface area (Å²) in [5, 5.41) is 10.8. The highest BCUT2D eigenvalue weighted by Gasteiger charge is 2.59. The Morgan fingerprint density at radius 1 is 0.967 bits per heavy atom. The van der Waals surface area contributed by atoms with Gasteiger partial charge < -0.3 is 9.80 Å². The van der Waals surface area contributed by atoms with Gasteiger partial charge in [-0.15, -0.1) is 0 Å². The van der Waals surface area contributed by atoms with Crippen LogP contribution in [0.15, 0.2) is 36.4 Å². The monoisotopic (exact) mass is 410 g/mol. The first-order valence-electron chi connectivity index (χ1n) is 10.2. The Labute approximate surface area is 173 Å². The second-order valence-corrected chi connectivity index (χ2v) is 8.40. The minimum Gasteiger partial charge on any atom is -0.368 e. The van der Waals surface area contributed by atoms with E-state index in [1.165, 1.54) is 17.0 Å². The van der Waals surface area contributed by atoms with Crippen LogP contribution in [0.5, 0.6) is 0 Å². The maximum atomic E-state index is 12.8. The summed E-state index contributed by atoms with van der Waals surface area (Å²) >= 11 is 0. The predicted octanol–water partition coefficient (Wildman–Crippen LogP) is 1.05. The third-order valence-corrected chi connectivity index (χ3v) is 6.91. The lowest BCUT2D eigenvalue weighted by Gasteiger charge is -2.36. The van der Waals surface area contributed by atoms with Crippen LogP contribution in [-0.4, -0.2) is 65.2 Å². The van der Waals surface area contributed by atoms with Crippen molar-refractivity contribution >= 4 is 29.1 Å². The van der Waals surface area contributed by atoms with Gasteiger partial charge in [0.1, 0.15) is 6.54 Å². The lowest BCUT2D eigenvalue weighted by atomic mass is 9.85. The number of imide groups is 1. The highest BCUT2D eigenvalue weighted by Crippen LogP contribution is 2.52. The number of carbonyl (C=O) groups is 3. The summed E-state index contributed by atoms with van der Waals surface area (Å²) in [6, 6.07) is 6.35. The predicted molar refractivity (Wildman–Crippen MR) is 106 cm³/mol. The molecule has 9 nitrogen and oxygen atoms in total. The SMILES string of the molecule is O=C(CN1C(=O)[C@H]2[C@H](C1=O)[C@H]1C=C[C@H]2C1)N1CCN(c2ccc([N+](=O)[O-])cc2)CC1. The van der Waals surface area contributed by atoms with Gasteiger partial charge >= 0.3 is 0 Å². The number of hydrogen-bond acceptors (Lipinski definition) is 6. The van der Waals surface area contributed by atoms with Gasteiger partial charge in [-0.3, -0.25) is 29.4 Å². The molecule has 0 unspecified atom stereocenters. The number of fused-ring (bicyclic) bond motifs is 5. The fourth-order valence-corrected chi connectivity index (χ4v) is 5.35. The zero-order valence-corrected chi connectivity index (χ0v) is 16.3. The molecule has 4 aliphatic rings. The smallest absolute Gasteiger partial charge is 0.269 e. The zero-order chi connectivity index (χ0) is 21.0. The van der Waals surface area contributed by atoms with E-state index in [-0.39, 0.29) is 53.6 Å². The Morgan fingerprint density at radius 3 is 2.07 bits per heavy atom. The van der Waals surface area contributed by atoms with Crippen LogP contribution in [0.4, 0.5) is 11.4 Å². The standard InChI is InChI=1S/C21H22N4O5/c26-17(12-24-20(27)18-13-1-2-14(11-13)19(18)21(24)28)23-9-7-22(8-10-23)15-3-5-16(6-4-15)25(29)30/h1-6,13-14,18-19H,7-12H2/t13-,14-,18+,19+/m0/s1. The van der Waals surface area contributed by atoms with Gasteiger partial charge in [-0.05, 0) is 30.4 Å². The molecule has 2 aliphatic heterocycles. The molecule has 9 heteroatoms.